The molecule has 11 nitrogen and oxygen atoms in total. The van der Waals surface area contributed by atoms with Gasteiger partial charge in [-0.15, -0.1) is 0 Å². The third kappa shape index (κ3) is 8.14. The Morgan fingerprint density at radius 3 is 2.24 bits per heavy atom. The van der Waals surface area contributed by atoms with E-state index in [1.807, 2.05) is 0 Å². The molecular weight excluding hydrogens is 542 g/mol. The highest BCUT2D eigenvalue weighted by Crippen LogP contribution is 2.32. The number of rotatable bonds is 5. The third-order valence-electron chi connectivity index (χ3n) is 5.00. The van der Waals surface area contributed by atoms with Crippen molar-refractivity contribution in [3.05, 3.63) is 52.4 Å². The topological polar surface area (TPSA) is 165 Å². The lowest BCUT2D eigenvalue weighted by Gasteiger charge is -2.30. The van der Waals surface area contributed by atoms with Gasteiger partial charge >= 0.3 is 22.5 Å². The Kier molecular flexibility index (Phi) is 9.28. The van der Waals surface area contributed by atoms with Crippen LogP contribution in [0.5, 0.6) is 0 Å². The van der Waals surface area contributed by atoms with Gasteiger partial charge in [-0.25, -0.2) is 22.9 Å². The molecule has 2 aromatic rings. The normalized spacial score (nSPS) is 14.4. The first-order valence-electron chi connectivity index (χ1n) is 10.0. The summed E-state index contributed by atoms with van der Waals surface area (Å²) in [5, 5.41) is 0. The molecule has 0 radical (unpaired) electrons. The predicted molar refractivity (Wildman–Crippen MR) is 111 cm³/mol. The Morgan fingerprint density at radius 1 is 1.14 bits per heavy atom. The standard InChI is InChI=1S/C19H18F6N4O3.H2O4S/c1-32-17(31)16-14-8-28(2-3-29(14)18(27-16)19(23,24)25)15(30)6-10(26)4-9-5-12(21)13(22)7-11(9)20;1-5(2,3)4/h5,7,10H,2-4,6,8,26H2,1H3;(H2,1,2,3,4)/t10-;/m1./s1. The zero-order valence-corrected chi connectivity index (χ0v) is 19.6. The second-order valence-corrected chi connectivity index (χ2v) is 8.56. The third-order valence-corrected chi connectivity index (χ3v) is 5.00. The van der Waals surface area contributed by atoms with E-state index in [0.29, 0.717) is 12.1 Å². The van der Waals surface area contributed by atoms with Gasteiger partial charge in [0.05, 0.1) is 19.3 Å². The number of hydrogen-bond donors (Lipinski definition) is 3. The van der Waals surface area contributed by atoms with E-state index in [4.69, 9.17) is 23.3 Å². The first-order chi connectivity index (χ1) is 16.9. The highest BCUT2D eigenvalue weighted by Gasteiger charge is 2.42. The minimum Gasteiger partial charge on any atom is -0.464 e. The number of imidazole rings is 1. The molecule has 1 aliphatic rings. The summed E-state index contributed by atoms with van der Waals surface area (Å²) in [4.78, 5) is 29.1. The lowest BCUT2D eigenvalue weighted by Crippen LogP contribution is -2.42. The fourth-order valence-corrected chi connectivity index (χ4v) is 3.49. The molecule has 37 heavy (non-hydrogen) atoms. The molecule has 1 aromatic carbocycles. The van der Waals surface area contributed by atoms with Gasteiger partial charge in [-0.3, -0.25) is 13.9 Å². The molecule has 1 aliphatic heterocycles. The molecule has 1 aromatic heterocycles. The number of aromatic nitrogens is 2. The molecule has 18 heteroatoms. The second kappa shape index (κ2) is 11.4. The maximum Gasteiger partial charge on any atom is 0.449 e. The first kappa shape index (κ1) is 30.0. The fraction of sp³-hybridized carbons (Fsp3) is 0.421. The number of carbonyl (C=O) groups excluding carboxylic acids is 2. The van der Waals surface area contributed by atoms with Crippen LogP contribution in [0.25, 0.3) is 0 Å². The van der Waals surface area contributed by atoms with Crippen LogP contribution in [-0.2, 0) is 45.6 Å². The molecule has 0 unspecified atom stereocenters. The van der Waals surface area contributed by atoms with Gasteiger partial charge in [-0.05, 0) is 18.1 Å². The molecule has 0 saturated heterocycles. The van der Waals surface area contributed by atoms with Crippen molar-refractivity contribution in [1.29, 1.82) is 0 Å². The number of amides is 1. The predicted octanol–water partition coefficient (Wildman–Crippen LogP) is 1.76. The number of esters is 1. The average molecular weight is 562 g/mol. The van der Waals surface area contributed by atoms with Crippen LogP contribution in [0.3, 0.4) is 0 Å². The number of nitrogens with zero attached hydrogens (tertiary/aromatic N) is 3. The Hall–Kier alpha value is -3.22. The zero-order valence-electron chi connectivity index (χ0n) is 18.8. The first-order valence-corrected chi connectivity index (χ1v) is 11.4. The van der Waals surface area contributed by atoms with Crippen molar-refractivity contribution < 1.29 is 58.2 Å². The van der Waals surface area contributed by atoms with Gasteiger partial charge in [0.1, 0.15) is 5.82 Å². The molecule has 1 amide bonds. The van der Waals surface area contributed by atoms with Crippen molar-refractivity contribution in [3.63, 3.8) is 0 Å². The molecule has 0 fully saturated rings. The smallest absolute Gasteiger partial charge is 0.449 e. The number of fused-ring (bicyclic) bond motifs is 1. The molecule has 0 spiro atoms. The quantitative estimate of drug-likeness (QED) is 0.213. The van der Waals surface area contributed by atoms with Gasteiger partial charge in [-0.2, -0.15) is 21.6 Å². The van der Waals surface area contributed by atoms with Crippen LogP contribution in [-0.4, -0.2) is 63.5 Å². The lowest BCUT2D eigenvalue weighted by molar-refractivity contribution is -0.148. The minimum absolute atomic E-state index is 0.113. The maximum absolute atomic E-state index is 13.8. The molecule has 4 N–H and O–H groups in total. The lowest BCUT2D eigenvalue weighted by atomic mass is 10.0. The highest BCUT2D eigenvalue weighted by atomic mass is 32.3. The largest absolute Gasteiger partial charge is 0.464 e. The summed E-state index contributed by atoms with van der Waals surface area (Å²) in [5.74, 6) is -6.57. The van der Waals surface area contributed by atoms with Gasteiger partial charge < -0.3 is 19.9 Å². The van der Waals surface area contributed by atoms with E-state index in [9.17, 15) is 35.9 Å². The van der Waals surface area contributed by atoms with Gasteiger partial charge in [0.2, 0.25) is 11.7 Å². The van der Waals surface area contributed by atoms with E-state index in [2.05, 4.69) is 9.72 Å². The maximum atomic E-state index is 13.8. The van der Waals surface area contributed by atoms with Crippen LogP contribution >= 0.6 is 0 Å². The molecule has 0 bridgehead atoms. The van der Waals surface area contributed by atoms with E-state index in [-0.39, 0.29) is 43.7 Å². The molecule has 2 heterocycles. The van der Waals surface area contributed by atoms with E-state index in [0.717, 1.165) is 11.7 Å². The SMILES string of the molecule is COC(=O)c1nc(C(F)(F)F)n2c1CN(C(=O)C[C@H](N)Cc1cc(F)c(F)cc1F)CC2.O=S(=O)(O)O. The molecule has 206 valence electrons. The second-order valence-electron chi connectivity index (χ2n) is 7.66. The van der Waals surface area contributed by atoms with Crippen LogP contribution in [0.4, 0.5) is 26.3 Å². The number of alkyl halides is 3. The van der Waals surface area contributed by atoms with E-state index < -0.39 is 63.5 Å². The monoisotopic (exact) mass is 562 g/mol. The number of nitrogens with two attached hydrogens (primary N) is 1. The van der Waals surface area contributed by atoms with Crippen LogP contribution in [0, 0.1) is 17.5 Å². The molecular formula is C19H20F6N4O7S. The number of methoxy groups -OCH3 is 1. The number of carbonyl (C=O) groups is 2. The molecule has 3 rings (SSSR count). The number of hydrogen-bond acceptors (Lipinski definition) is 7. The van der Waals surface area contributed by atoms with Crippen molar-refractivity contribution in [2.24, 2.45) is 5.73 Å². The summed E-state index contributed by atoms with van der Waals surface area (Å²) < 4.78 is 117. The van der Waals surface area contributed by atoms with Gasteiger partial charge in [-0.1, -0.05) is 0 Å². The van der Waals surface area contributed by atoms with Crippen LogP contribution < -0.4 is 5.73 Å². The van der Waals surface area contributed by atoms with E-state index in [1.54, 1.807) is 0 Å². The fourth-order valence-electron chi connectivity index (χ4n) is 3.49. The van der Waals surface area contributed by atoms with Crippen LogP contribution in [0.2, 0.25) is 0 Å². The summed E-state index contributed by atoms with van der Waals surface area (Å²) in [6, 6.07) is 0.0485. The van der Waals surface area contributed by atoms with E-state index in [1.165, 1.54) is 4.90 Å². The number of ether oxygens (including phenoxy) is 1. The van der Waals surface area contributed by atoms with E-state index >= 15 is 0 Å². The Morgan fingerprint density at radius 2 is 1.70 bits per heavy atom. The van der Waals surface area contributed by atoms with Crippen molar-refractivity contribution in [1.82, 2.24) is 14.5 Å². The van der Waals surface area contributed by atoms with Gasteiger partial charge in [0.15, 0.2) is 17.3 Å². The Labute approximate surface area is 205 Å². The van der Waals surface area contributed by atoms with Crippen molar-refractivity contribution in [3.8, 4) is 0 Å². The van der Waals surface area contributed by atoms with Crippen molar-refractivity contribution >= 4 is 22.3 Å². The summed E-state index contributed by atoms with van der Waals surface area (Å²) in [7, 11) is -3.68. The molecule has 0 aliphatic carbocycles. The van der Waals surface area contributed by atoms with Gasteiger partial charge in [0.25, 0.3) is 0 Å². The number of halogens is 6. The van der Waals surface area contributed by atoms with Crippen molar-refractivity contribution in [2.45, 2.75) is 38.1 Å². The summed E-state index contributed by atoms with van der Waals surface area (Å²) in [6.45, 7) is -0.732. The summed E-state index contributed by atoms with van der Waals surface area (Å²) in [6.07, 6.45) is -5.43. The van der Waals surface area contributed by atoms with Crippen LogP contribution in [0.15, 0.2) is 12.1 Å². The van der Waals surface area contributed by atoms with Gasteiger partial charge in [0, 0.05) is 31.6 Å². The molecule has 0 saturated carbocycles. The number of benzene rings is 1. The van der Waals surface area contributed by atoms with Crippen molar-refractivity contribution in [2.75, 3.05) is 13.7 Å². The Balaban J connectivity index is 0.000000877. The summed E-state index contributed by atoms with van der Waals surface area (Å²) >= 11 is 0. The highest BCUT2D eigenvalue weighted by molar-refractivity contribution is 7.79. The average Bonchev–Trinajstić information content (AvgIpc) is 3.15. The zero-order chi connectivity index (χ0) is 28.3. The van der Waals surface area contributed by atoms with Crippen LogP contribution in [0.1, 0.15) is 34.0 Å². The minimum atomic E-state index is -4.82. The Bertz CT molecular complexity index is 1270. The molecule has 1 atom stereocenters. The summed E-state index contributed by atoms with van der Waals surface area (Å²) in [5.41, 5.74) is 4.95.